The van der Waals surface area contributed by atoms with Gasteiger partial charge in [0.2, 0.25) is 10.0 Å². The number of anilines is 1. The van der Waals surface area contributed by atoms with E-state index in [1.165, 1.54) is 16.4 Å². The second-order valence-corrected chi connectivity index (χ2v) is 9.36. The van der Waals surface area contributed by atoms with Gasteiger partial charge >= 0.3 is 0 Å². The van der Waals surface area contributed by atoms with Gasteiger partial charge in [-0.15, -0.1) is 0 Å². The van der Waals surface area contributed by atoms with Crippen molar-refractivity contribution in [3.63, 3.8) is 0 Å². The van der Waals surface area contributed by atoms with E-state index in [-0.39, 0.29) is 10.3 Å². The van der Waals surface area contributed by atoms with E-state index in [4.69, 9.17) is 17.3 Å². The van der Waals surface area contributed by atoms with Gasteiger partial charge in [0.25, 0.3) is 0 Å². The molecule has 1 aromatic rings. The van der Waals surface area contributed by atoms with Gasteiger partial charge in [0.1, 0.15) is 0 Å². The molecule has 1 heterocycles. The maximum atomic E-state index is 12.9. The summed E-state index contributed by atoms with van der Waals surface area (Å²) in [6.07, 6.45) is 2.73. The first kappa shape index (κ1) is 17.1. The van der Waals surface area contributed by atoms with Crippen LogP contribution in [0.25, 0.3) is 0 Å². The number of halogens is 2. The molecule has 0 radical (unpaired) electrons. The lowest BCUT2D eigenvalue weighted by Gasteiger charge is -2.23. The third-order valence-electron chi connectivity index (χ3n) is 3.95. The van der Waals surface area contributed by atoms with Gasteiger partial charge in [-0.2, -0.15) is 4.31 Å². The van der Waals surface area contributed by atoms with Gasteiger partial charge in [-0.1, -0.05) is 25.4 Å². The van der Waals surface area contributed by atoms with Crippen LogP contribution < -0.4 is 5.73 Å². The summed E-state index contributed by atoms with van der Waals surface area (Å²) >= 11 is 9.23. The Hall–Kier alpha value is -0.300. The molecule has 0 saturated carbocycles. The molecule has 4 nitrogen and oxygen atoms in total. The van der Waals surface area contributed by atoms with Crippen molar-refractivity contribution in [2.24, 2.45) is 5.41 Å². The summed E-state index contributed by atoms with van der Waals surface area (Å²) in [6.45, 7) is 5.41. The summed E-state index contributed by atoms with van der Waals surface area (Å²) in [5, 5.41) is 0.324. The molecule has 2 rings (SSSR count). The maximum Gasteiger partial charge on any atom is 0.244 e. The van der Waals surface area contributed by atoms with Crippen LogP contribution in [0.3, 0.4) is 0 Å². The molecule has 0 atom stereocenters. The van der Waals surface area contributed by atoms with Crippen LogP contribution >= 0.6 is 27.5 Å². The first-order valence-corrected chi connectivity index (χ1v) is 9.49. The highest BCUT2D eigenvalue weighted by Crippen LogP contribution is 2.36. The Balaban J connectivity index is 2.39. The van der Waals surface area contributed by atoms with Gasteiger partial charge in [-0.25, -0.2) is 8.42 Å². The van der Waals surface area contributed by atoms with E-state index in [2.05, 4.69) is 29.8 Å². The lowest BCUT2D eigenvalue weighted by molar-refractivity contribution is 0.315. The van der Waals surface area contributed by atoms with Gasteiger partial charge in [0.05, 0.1) is 9.37 Å². The molecular weight excluding hydrogens is 376 g/mol. The van der Waals surface area contributed by atoms with E-state index in [0.717, 1.165) is 19.3 Å². The summed E-state index contributed by atoms with van der Waals surface area (Å²) < 4.78 is 27.6. The molecule has 0 bridgehead atoms. The van der Waals surface area contributed by atoms with Crippen molar-refractivity contribution in [2.45, 2.75) is 38.0 Å². The Labute approximate surface area is 139 Å². The maximum absolute atomic E-state index is 12.9. The number of nitrogen functional groups attached to an aromatic ring is 1. The molecular formula is C14H20BrClN2O2S. The first-order valence-electron chi connectivity index (χ1n) is 6.88. The quantitative estimate of drug-likeness (QED) is 0.773. The number of benzene rings is 1. The third-order valence-corrected chi connectivity index (χ3v) is 7.24. The standard InChI is InChI=1S/C14H20BrClN2O2S/c1-14(2)4-3-6-18(7-5-14)21(19,20)12-9-10(16)8-11(17)13(12)15/h8-9H,3-7,17H2,1-2H3. The van der Waals surface area contributed by atoms with Crippen LogP contribution in [0, 0.1) is 5.41 Å². The summed E-state index contributed by atoms with van der Waals surface area (Å²) in [5.41, 5.74) is 6.31. The average Bonchev–Trinajstić information content (AvgIpc) is 2.55. The molecule has 1 aliphatic heterocycles. The Kier molecular flexibility index (Phi) is 4.93. The van der Waals surface area contributed by atoms with Crippen LogP contribution in [-0.4, -0.2) is 25.8 Å². The Morgan fingerprint density at radius 2 is 1.95 bits per heavy atom. The topological polar surface area (TPSA) is 63.4 Å². The molecule has 118 valence electrons. The van der Waals surface area contributed by atoms with Crippen LogP contribution in [0.4, 0.5) is 5.69 Å². The monoisotopic (exact) mass is 394 g/mol. The van der Waals surface area contributed by atoms with Crippen LogP contribution in [0.1, 0.15) is 33.1 Å². The minimum absolute atomic E-state index is 0.146. The molecule has 0 unspecified atom stereocenters. The van der Waals surface area contributed by atoms with Crippen LogP contribution in [-0.2, 0) is 10.0 Å². The predicted molar refractivity (Wildman–Crippen MR) is 90.0 cm³/mol. The van der Waals surface area contributed by atoms with Gasteiger partial charge in [-0.3, -0.25) is 0 Å². The van der Waals surface area contributed by atoms with E-state index < -0.39 is 10.0 Å². The zero-order valence-corrected chi connectivity index (χ0v) is 15.4. The van der Waals surface area contributed by atoms with E-state index in [1.54, 1.807) is 0 Å². The van der Waals surface area contributed by atoms with Gasteiger partial charge in [0, 0.05) is 23.8 Å². The molecule has 0 amide bonds. The molecule has 7 heteroatoms. The molecule has 1 fully saturated rings. The van der Waals surface area contributed by atoms with Crippen molar-refractivity contribution < 1.29 is 8.42 Å². The number of hydrogen-bond donors (Lipinski definition) is 1. The Bertz CT molecular complexity index is 647. The molecule has 0 aromatic heterocycles. The highest BCUT2D eigenvalue weighted by Gasteiger charge is 2.32. The molecule has 0 aliphatic carbocycles. The molecule has 21 heavy (non-hydrogen) atoms. The second-order valence-electron chi connectivity index (χ2n) is 6.23. The Morgan fingerprint density at radius 1 is 1.29 bits per heavy atom. The fourth-order valence-electron chi connectivity index (χ4n) is 2.55. The predicted octanol–water partition coefficient (Wildman–Crippen LogP) is 3.89. The van der Waals surface area contributed by atoms with E-state index in [9.17, 15) is 8.42 Å². The van der Waals surface area contributed by atoms with Gasteiger partial charge in [0.15, 0.2) is 0 Å². The average molecular weight is 396 g/mol. The van der Waals surface area contributed by atoms with E-state index in [0.29, 0.717) is 28.3 Å². The summed E-state index contributed by atoms with van der Waals surface area (Å²) in [7, 11) is -3.59. The summed E-state index contributed by atoms with van der Waals surface area (Å²) in [6, 6.07) is 2.99. The number of rotatable bonds is 2. The SMILES string of the molecule is CC1(C)CCCN(S(=O)(=O)c2cc(Cl)cc(N)c2Br)CC1. The minimum atomic E-state index is -3.59. The Morgan fingerprint density at radius 3 is 2.62 bits per heavy atom. The molecule has 1 aromatic carbocycles. The smallest absolute Gasteiger partial charge is 0.244 e. The summed E-state index contributed by atoms with van der Waals surface area (Å²) in [4.78, 5) is 0.146. The second kappa shape index (κ2) is 6.07. The zero-order valence-electron chi connectivity index (χ0n) is 12.2. The van der Waals surface area contributed by atoms with E-state index >= 15 is 0 Å². The summed E-state index contributed by atoms with van der Waals surface area (Å²) in [5.74, 6) is 0. The normalized spacial score (nSPS) is 20.2. The van der Waals surface area contributed by atoms with Crippen molar-refractivity contribution in [3.8, 4) is 0 Å². The number of nitrogens with zero attached hydrogens (tertiary/aromatic N) is 1. The largest absolute Gasteiger partial charge is 0.398 e. The van der Waals surface area contributed by atoms with Crippen molar-refractivity contribution in [2.75, 3.05) is 18.8 Å². The van der Waals surface area contributed by atoms with Crippen LogP contribution in [0.15, 0.2) is 21.5 Å². The number of sulfonamides is 1. The third kappa shape index (κ3) is 3.73. The first-order chi connectivity index (χ1) is 9.63. The number of nitrogens with two attached hydrogens (primary N) is 1. The molecule has 0 spiro atoms. The minimum Gasteiger partial charge on any atom is -0.398 e. The molecule has 1 aliphatic rings. The van der Waals surface area contributed by atoms with Crippen molar-refractivity contribution in [3.05, 3.63) is 21.6 Å². The molecule has 2 N–H and O–H groups in total. The van der Waals surface area contributed by atoms with Crippen molar-refractivity contribution in [1.29, 1.82) is 0 Å². The number of hydrogen-bond acceptors (Lipinski definition) is 3. The van der Waals surface area contributed by atoms with Gasteiger partial charge < -0.3 is 5.73 Å². The van der Waals surface area contributed by atoms with Crippen LogP contribution in [0.5, 0.6) is 0 Å². The van der Waals surface area contributed by atoms with Crippen LogP contribution in [0.2, 0.25) is 5.02 Å². The lowest BCUT2D eigenvalue weighted by Crippen LogP contribution is -2.32. The fraction of sp³-hybridized carbons (Fsp3) is 0.571. The highest BCUT2D eigenvalue weighted by atomic mass is 79.9. The van der Waals surface area contributed by atoms with Crippen molar-refractivity contribution in [1.82, 2.24) is 4.31 Å². The van der Waals surface area contributed by atoms with E-state index in [1.807, 2.05) is 0 Å². The van der Waals surface area contributed by atoms with Crippen molar-refractivity contribution >= 4 is 43.2 Å². The van der Waals surface area contributed by atoms with Gasteiger partial charge in [-0.05, 0) is 52.7 Å². The highest BCUT2D eigenvalue weighted by molar-refractivity contribution is 9.10. The zero-order chi connectivity index (χ0) is 15.8. The fourth-order valence-corrected chi connectivity index (χ4v) is 5.28. The molecule has 1 saturated heterocycles. The lowest BCUT2D eigenvalue weighted by atomic mass is 9.85.